The van der Waals surface area contributed by atoms with Crippen LogP contribution >= 0.6 is 11.6 Å². The fraction of sp³-hybridized carbons (Fsp3) is 0.450. The highest BCUT2D eigenvalue weighted by Crippen LogP contribution is 2.33. The van der Waals surface area contributed by atoms with E-state index in [9.17, 15) is 24.3 Å². The molecular weight excluding hydrogens is 790 g/mol. The molecule has 19 heteroatoms. The molecule has 0 radical (unpaired) electrons. The third-order valence-electron chi connectivity index (χ3n) is 10.8. The zero-order chi connectivity index (χ0) is 42.4. The first-order valence-corrected chi connectivity index (χ1v) is 19.8. The van der Waals surface area contributed by atoms with Gasteiger partial charge in [0, 0.05) is 108 Å². The number of urea groups is 1. The largest absolute Gasteiger partial charge is 0.480 e. The van der Waals surface area contributed by atoms with Crippen LogP contribution in [0.3, 0.4) is 0 Å². The highest BCUT2D eigenvalue weighted by molar-refractivity contribution is 6.34. The molecule has 3 N–H and O–H groups in total. The van der Waals surface area contributed by atoms with E-state index in [-0.39, 0.29) is 70.5 Å². The van der Waals surface area contributed by atoms with Gasteiger partial charge in [-0.1, -0.05) is 17.7 Å². The summed E-state index contributed by atoms with van der Waals surface area (Å²) < 4.78 is 39.2. The third kappa shape index (κ3) is 9.73. The van der Waals surface area contributed by atoms with Gasteiger partial charge in [-0.3, -0.25) is 24.0 Å². The Morgan fingerprint density at radius 2 is 1.69 bits per heavy atom. The molecule has 316 valence electrons. The Bertz CT molecular complexity index is 2190. The van der Waals surface area contributed by atoms with Crippen LogP contribution in [0, 0.1) is 24.5 Å². The Labute approximate surface area is 345 Å². The average Bonchev–Trinajstić information content (AvgIpc) is 3.77. The number of carboxylic acids is 1. The molecule has 0 bridgehead atoms. The summed E-state index contributed by atoms with van der Waals surface area (Å²) in [4.78, 5) is 62.7. The highest BCUT2D eigenvalue weighted by atomic mass is 35.5. The van der Waals surface area contributed by atoms with Crippen molar-refractivity contribution in [2.45, 2.75) is 20.4 Å². The molecule has 4 heterocycles. The van der Waals surface area contributed by atoms with Crippen LogP contribution in [0.4, 0.5) is 19.3 Å². The second kappa shape index (κ2) is 19.1. The van der Waals surface area contributed by atoms with E-state index in [1.165, 1.54) is 54.3 Å². The number of hydrogen-bond donors (Lipinski definition) is 3. The second-order valence-corrected chi connectivity index (χ2v) is 15.0. The molecule has 6 rings (SSSR count). The number of carbonyl (C=O) groups excluding carboxylic acids is 3. The summed E-state index contributed by atoms with van der Waals surface area (Å²) in [6.07, 6.45) is 2.77. The van der Waals surface area contributed by atoms with E-state index in [0.717, 1.165) is 13.1 Å². The van der Waals surface area contributed by atoms with Crippen LogP contribution < -0.4 is 10.6 Å². The number of amides is 4. The number of benzene rings is 2. The summed E-state index contributed by atoms with van der Waals surface area (Å²) in [5, 5.41) is 19.6. The predicted octanol–water partition coefficient (Wildman–Crippen LogP) is 3.90. The summed E-state index contributed by atoms with van der Waals surface area (Å²) in [7, 11) is 3.08. The summed E-state index contributed by atoms with van der Waals surface area (Å²) >= 11 is 6.56. The lowest BCUT2D eigenvalue weighted by atomic mass is 10.0. The van der Waals surface area contributed by atoms with Crippen molar-refractivity contribution in [2.75, 3.05) is 91.0 Å². The van der Waals surface area contributed by atoms with Gasteiger partial charge in [-0.05, 0) is 44.0 Å². The lowest BCUT2D eigenvalue weighted by molar-refractivity contribution is -0.138. The Kier molecular flexibility index (Phi) is 14.0. The second-order valence-electron chi connectivity index (χ2n) is 14.6. The number of ether oxygens (including phenoxy) is 1. The number of carbonyl (C=O) groups is 4. The molecule has 4 amide bonds. The first-order valence-electron chi connectivity index (χ1n) is 19.4. The lowest BCUT2D eigenvalue weighted by Gasteiger charge is -2.38. The summed E-state index contributed by atoms with van der Waals surface area (Å²) in [5.74, 6) is -3.71. The predicted molar refractivity (Wildman–Crippen MR) is 216 cm³/mol. The SMILES string of the molecule is CCN(CCN(CC(=O)O)CC1CNC1)C(=O)N1CCN(C(=O)c2ccc(NC(=O)c3ncc(-c4ccc(-c5cnn(CCOC)c5C)c(F)c4F)n3C)cc2Cl)CC1. The van der Waals surface area contributed by atoms with E-state index in [2.05, 4.69) is 20.7 Å². The smallest absolute Gasteiger partial charge is 0.320 e. The Morgan fingerprint density at radius 1 is 1.00 bits per heavy atom. The van der Waals surface area contributed by atoms with Crippen molar-refractivity contribution in [1.82, 2.24) is 44.2 Å². The molecule has 2 aliphatic rings. The summed E-state index contributed by atoms with van der Waals surface area (Å²) in [5.41, 5.74) is 1.75. The van der Waals surface area contributed by atoms with E-state index in [1.807, 2.05) is 11.8 Å². The zero-order valence-corrected chi connectivity index (χ0v) is 34.3. The molecule has 2 aromatic carbocycles. The first kappa shape index (κ1) is 43.2. The van der Waals surface area contributed by atoms with Crippen LogP contribution in [-0.4, -0.2) is 154 Å². The molecule has 2 aromatic heterocycles. The van der Waals surface area contributed by atoms with Crippen LogP contribution in [0.25, 0.3) is 22.4 Å². The van der Waals surface area contributed by atoms with Crippen LogP contribution in [0.2, 0.25) is 5.02 Å². The Morgan fingerprint density at radius 3 is 2.34 bits per heavy atom. The van der Waals surface area contributed by atoms with Crippen LogP contribution in [0.5, 0.6) is 0 Å². The van der Waals surface area contributed by atoms with Crippen molar-refractivity contribution in [2.24, 2.45) is 13.0 Å². The molecule has 2 saturated heterocycles. The van der Waals surface area contributed by atoms with Crippen molar-refractivity contribution in [3.8, 4) is 22.4 Å². The van der Waals surface area contributed by atoms with Gasteiger partial charge < -0.3 is 39.7 Å². The minimum Gasteiger partial charge on any atom is -0.480 e. The number of carboxylic acid groups (broad SMARTS) is 1. The number of aliphatic carboxylic acids is 1. The number of imidazole rings is 1. The van der Waals surface area contributed by atoms with Crippen molar-refractivity contribution in [3.05, 3.63) is 76.5 Å². The topological polar surface area (TPSA) is 170 Å². The molecular formula is C40H49ClF2N10O6. The minimum atomic E-state index is -1.10. The van der Waals surface area contributed by atoms with Gasteiger partial charge in [0.1, 0.15) is 0 Å². The maximum atomic E-state index is 15.6. The van der Waals surface area contributed by atoms with E-state index in [1.54, 1.807) is 33.4 Å². The maximum absolute atomic E-state index is 15.6. The zero-order valence-electron chi connectivity index (χ0n) is 33.5. The standard InChI is InChI=1S/C40H49ClF2N10O6/c1-5-50(11-10-49(24-34(54)55)23-26-19-44-20-26)40(58)52-14-12-51(13-15-52)39(57)29-7-6-27(18-32(29)41)47-38(56)37-45-22-33(48(37)3)30-9-8-28(35(42)36(30)43)31-21-46-53(25(31)2)16-17-59-4/h6-9,18,21-22,26,44H,5,10-17,19-20,23-24H2,1-4H3,(H,47,56)(H,54,55). The number of rotatable bonds is 16. The lowest BCUT2D eigenvalue weighted by Crippen LogP contribution is -2.55. The van der Waals surface area contributed by atoms with Gasteiger partial charge in [-0.15, -0.1) is 0 Å². The van der Waals surface area contributed by atoms with Gasteiger partial charge in [0.25, 0.3) is 11.8 Å². The molecule has 4 aromatic rings. The highest BCUT2D eigenvalue weighted by Gasteiger charge is 2.30. The molecule has 0 saturated carbocycles. The molecule has 59 heavy (non-hydrogen) atoms. The van der Waals surface area contributed by atoms with Crippen LogP contribution in [0.1, 0.15) is 33.6 Å². The summed E-state index contributed by atoms with van der Waals surface area (Å²) in [6.45, 7) is 9.27. The number of piperazine rings is 1. The van der Waals surface area contributed by atoms with E-state index < -0.39 is 23.5 Å². The molecule has 16 nitrogen and oxygen atoms in total. The van der Waals surface area contributed by atoms with Crippen molar-refractivity contribution >= 4 is 41.1 Å². The number of anilines is 1. The number of halogens is 3. The Balaban J connectivity index is 1.04. The van der Waals surface area contributed by atoms with E-state index >= 15 is 8.78 Å². The fourth-order valence-corrected chi connectivity index (χ4v) is 7.55. The number of nitrogens with zero attached hydrogens (tertiary/aromatic N) is 8. The maximum Gasteiger partial charge on any atom is 0.320 e. The molecule has 0 spiro atoms. The Hall–Kier alpha value is -5.43. The molecule has 2 fully saturated rings. The van der Waals surface area contributed by atoms with Crippen molar-refractivity contribution in [1.29, 1.82) is 0 Å². The third-order valence-corrected chi connectivity index (χ3v) is 11.1. The fourth-order valence-electron chi connectivity index (χ4n) is 7.28. The molecule has 2 aliphatic heterocycles. The number of nitrogens with one attached hydrogen (secondary N) is 2. The van der Waals surface area contributed by atoms with E-state index in [0.29, 0.717) is 69.6 Å². The van der Waals surface area contributed by atoms with Gasteiger partial charge in [-0.25, -0.2) is 18.6 Å². The first-order chi connectivity index (χ1) is 28.3. The van der Waals surface area contributed by atoms with Crippen molar-refractivity contribution < 1.29 is 37.8 Å². The monoisotopic (exact) mass is 838 g/mol. The van der Waals surface area contributed by atoms with E-state index in [4.69, 9.17) is 16.3 Å². The van der Waals surface area contributed by atoms with Gasteiger partial charge in [-0.2, -0.15) is 5.10 Å². The van der Waals surface area contributed by atoms with Crippen LogP contribution in [-0.2, 0) is 23.1 Å². The number of aromatic nitrogens is 4. The van der Waals surface area contributed by atoms with Gasteiger partial charge in [0.05, 0.1) is 48.4 Å². The summed E-state index contributed by atoms with van der Waals surface area (Å²) in [6, 6.07) is 7.21. The normalized spacial score (nSPS) is 14.4. The average molecular weight is 839 g/mol. The number of methoxy groups -OCH3 is 1. The van der Waals surface area contributed by atoms with Crippen molar-refractivity contribution in [3.63, 3.8) is 0 Å². The number of hydrogen-bond acceptors (Lipinski definition) is 9. The van der Waals surface area contributed by atoms with Gasteiger partial charge >= 0.3 is 12.0 Å². The minimum absolute atomic E-state index is 0.0505. The van der Waals surface area contributed by atoms with Crippen LogP contribution in [0.15, 0.2) is 42.7 Å². The molecule has 0 aliphatic carbocycles. The number of likely N-dealkylation sites (N-methyl/N-ethyl adjacent to an activating group) is 1. The molecule has 0 unspecified atom stereocenters. The quantitative estimate of drug-likeness (QED) is 0.151. The van der Waals surface area contributed by atoms with Gasteiger partial charge in [0.2, 0.25) is 0 Å². The van der Waals surface area contributed by atoms with Gasteiger partial charge in [0.15, 0.2) is 17.5 Å². The molecule has 0 atom stereocenters.